The first-order chi connectivity index (χ1) is 9.17. The van der Waals surface area contributed by atoms with E-state index >= 15 is 0 Å². The molecule has 0 saturated heterocycles. The van der Waals surface area contributed by atoms with Gasteiger partial charge in [-0.1, -0.05) is 44.0 Å². The number of hydrogen-bond acceptors (Lipinski definition) is 1. The molecule has 0 bridgehead atoms. The Balaban J connectivity index is 2.38. The third kappa shape index (κ3) is 6.44. The van der Waals surface area contributed by atoms with Crippen LogP contribution in [0.3, 0.4) is 0 Å². The molecule has 0 aliphatic rings. The van der Waals surface area contributed by atoms with Crippen LogP contribution >= 0.6 is 11.6 Å². The SMILES string of the molecule is CCCNC(CCC)CCCc1ccc(C)cc1Cl. The minimum absolute atomic E-state index is 0.675. The zero-order valence-electron chi connectivity index (χ0n) is 12.6. The van der Waals surface area contributed by atoms with Gasteiger partial charge >= 0.3 is 0 Å². The van der Waals surface area contributed by atoms with Crippen molar-refractivity contribution in [3.63, 3.8) is 0 Å². The van der Waals surface area contributed by atoms with Gasteiger partial charge in [0.25, 0.3) is 0 Å². The van der Waals surface area contributed by atoms with Crippen molar-refractivity contribution in [2.45, 2.75) is 65.3 Å². The van der Waals surface area contributed by atoms with E-state index in [9.17, 15) is 0 Å². The average molecular weight is 282 g/mol. The molecule has 0 aliphatic heterocycles. The molecule has 1 unspecified atom stereocenters. The molecule has 108 valence electrons. The van der Waals surface area contributed by atoms with Gasteiger partial charge in [0.15, 0.2) is 0 Å². The molecule has 0 aliphatic carbocycles. The molecule has 1 rings (SSSR count). The normalized spacial score (nSPS) is 12.6. The quantitative estimate of drug-likeness (QED) is 0.661. The summed E-state index contributed by atoms with van der Waals surface area (Å²) in [4.78, 5) is 0. The van der Waals surface area contributed by atoms with Crippen molar-refractivity contribution in [2.24, 2.45) is 0 Å². The van der Waals surface area contributed by atoms with Gasteiger partial charge in [0.2, 0.25) is 0 Å². The van der Waals surface area contributed by atoms with Crippen LogP contribution < -0.4 is 5.32 Å². The molecular formula is C17H28ClN. The maximum absolute atomic E-state index is 6.27. The lowest BCUT2D eigenvalue weighted by atomic mass is 10.0. The molecule has 0 heterocycles. The van der Waals surface area contributed by atoms with Crippen molar-refractivity contribution >= 4 is 11.6 Å². The predicted octanol–water partition coefficient (Wildman–Crippen LogP) is 5.14. The van der Waals surface area contributed by atoms with E-state index < -0.39 is 0 Å². The Morgan fingerprint density at radius 3 is 2.58 bits per heavy atom. The lowest BCUT2D eigenvalue weighted by Gasteiger charge is -2.17. The second-order valence-corrected chi connectivity index (χ2v) is 5.83. The van der Waals surface area contributed by atoms with Crippen LogP contribution in [0.15, 0.2) is 18.2 Å². The summed E-state index contributed by atoms with van der Waals surface area (Å²) in [6, 6.07) is 7.07. The highest BCUT2D eigenvalue weighted by atomic mass is 35.5. The number of rotatable bonds is 9. The Morgan fingerprint density at radius 2 is 1.95 bits per heavy atom. The standard InChI is InChI=1S/C17H28ClN/c1-4-7-16(19-12-5-2)9-6-8-15-11-10-14(3)13-17(15)18/h10-11,13,16,19H,4-9,12H2,1-3H3. The second kappa shape index (κ2) is 9.39. The van der Waals surface area contributed by atoms with Crippen LogP contribution in [0.25, 0.3) is 0 Å². The van der Waals surface area contributed by atoms with Gasteiger partial charge < -0.3 is 5.32 Å². The van der Waals surface area contributed by atoms with E-state index in [-0.39, 0.29) is 0 Å². The summed E-state index contributed by atoms with van der Waals surface area (Å²) in [5.74, 6) is 0. The van der Waals surface area contributed by atoms with E-state index in [1.54, 1.807) is 0 Å². The summed E-state index contributed by atoms with van der Waals surface area (Å²) >= 11 is 6.27. The fourth-order valence-electron chi connectivity index (χ4n) is 2.44. The zero-order valence-corrected chi connectivity index (χ0v) is 13.4. The molecule has 0 spiro atoms. The Bertz CT molecular complexity index is 362. The first kappa shape index (κ1) is 16.5. The number of aryl methyl sites for hydroxylation is 2. The van der Waals surface area contributed by atoms with Crippen LogP contribution in [0.1, 0.15) is 57.1 Å². The van der Waals surface area contributed by atoms with E-state index in [0.717, 1.165) is 18.0 Å². The van der Waals surface area contributed by atoms with Gasteiger partial charge in [-0.2, -0.15) is 0 Å². The molecule has 1 atom stereocenters. The summed E-state index contributed by atoms with van der Waals surface area (Å²) in [5, 5.41) is 4.57. The van der Waals surface area contributed by atoms with Gasteiger partial charge in [-0.3, -0.25) is 0 Å². The first-order valence-electron chi connectivity index (χ1n) is 7.65. The molecule has 19 heavy (non-hydrogen) atoms. The number of nitrogens with one attached hydrogen (secondary N) is 1. The molecular weight excluding hydrogens is 254 g/mol. The maximum atomic E-state index is 6.27. The van der Waals surface area contributed by atoms with Gasteiger partial charge in [0.1, 0.15) is 0 Å². The molecule has 0 saturated carbocycles. The molecule has 0 radical (unpaired) electrons. The Morgan fingerprint density at radius 1 is 1.16 bits per heavy atom. The van der Waals surface area contributed by atoms with Crippen molar-refractivity contribution in [1.82, 2.24) is 5.32 Å². The first-order valence-corrected chi connectivity index (χ1v) is 8.03. The van der Waals surface area contributed by atoms with E-state index in [0.29, 0.717) is 6.04 Å². The topological polar surface area (TPSA) is 12.0 Å². The van der Waals surface area contributed by atoms with E-state index in [2.05, 4.69) is 44.3 Å². The highest BCUT2D eigenvalue weighted by Gasteiger charge is 2.07. The monoisotopic (exact) mass is 281 g/mol. The summed E-state index contributed by atoms with van der Waals surface area (Å²) in [7, 11) is 0. The van der Waals surface area contributed by atoms with Crippen molar-refractivity contribution < 1.29 is 0 Å². The zero-order chi connectivity index (χ0) is 14.1. The van der Waals surface area contributed by atoms with Crippen LogP contribution in [-0.4, -0.2) is 12.6 Å². The maximum Gasteiger partial charge on any atom is 0.0440 e. The van der Waals surface area contributed by atoms with E-state index in [4.69, 9.17) is 11.6 Å². The smallest absolute Gasteiger partial charge is 0.0440 e. The predicted molar refractivity (Wildman–Crippen MR) is 86.1 cm³/mol. The van der Waals surface area contributed by atoms with Gasteiger partial charge in [0, 0.05) is 11.1 Å². The van der Waals surface area contributed by atoms with Crippen molar-refractivity contribution in [2.75, 3.05) is 6.54 Å². The summed E-state index contributed by atoms with van der Waals surface area (Å²) < 4.78 is 0. The Labute approximate surface area is 123 Å². The Hall–Kier alpha value is -0.530. The van der Waals surface area contributed by atoms with Crippen molar-refractivity contribution in [3.8, 4) is 0 Å². The minimum atomic E-state index is 0.675. The Kier molecular flexibility index (Phi) is 8.16. The summed E-state index contributed by atoms with van der Waals surface area (Å²) in [5.41, 5.74) is 2.53. The van der Waals surface area contributed by atoms with Gasteiger partial charge in [-0.25, -0.2) is 0 Å². The van der Waals surface area contributed by atoms with Crippen molar-refractivity contribution in [1.29, 1.82) is 0 Å². The molecule has 1 nitrogen and oxygen atoms in total. The molecule has 1 aromatic carbocycles. The summed E-state index contributed by atoms with van der Waals surface area (Å²) in [6.45, 7) is 7.71. The highest BCUT2D eigenvalue weighted by Crippen LogP contribution is 2.20. The average Bonchev–Trinajstić information content (AvgIpc) is 2.38. The molecule has 0 aromatic heterocycles. The molecule has 0 amide bonds. The lowest BCUT2D eigenvalue weighted by molar-refractivity contribution is 0.438. The fraction of sp³-hybridized carbons (Fsp3) is 0.647. The van der Waals surface area contributed by atoms with Gasteiger partial charge in [0.05, 0.1) is 0 Å². The summed E-state index contributed by atoms with van der Waals surface area (Å²) in [6.07, 6.45) is 7.30. The molecule has 0 fully saturated rings. The largest absolute Gasteiger partial charge is 0.314 e. The fourth-order valence-corrected chi connectivity index (χ4v) is 2.77. The van der Waals surface area contributed by atoms with Crippen LogP contribution in [0.5, 0.6) is 0 Å². The number of hydrogen-bond donors (Lipinski definition) is 1. The van der Waals surface area contributed by atoms with E-state index in [1.807, 2.05) is 0 Å². The van der Waals surface area contributed by atoms with Crippen LogP contribution in [0.4, 0.5) is 0 Å². The van der Waals surface area contributed by atoms with E-state index in [1.165, 1.54) is 43.2 Å². The molecule has 1 aromatic rings. The highest BCUT2D eigenvalue weighted by molar-refractivity contribution is 6.31. The third-order valence-electron chi connectivity index (χ3n) is 3.53. The van der Waals surface area contributed by atoms with Crippen LogP contribution in [-0.2, 0) is 6.42 Å². The third-order valence-corrected chi connectivity index (χ3v) is 3.88. The molecule has 2 heteroatoms. The lowest BCUT2D eigenvalue weighted by Crippen LogP contribution is -2.29. The minimum Gasteiger partial charge on any atom is -0.314 e. The molecule has 1 N–H and O–H groups in total. The van der Waals surface area contributed by atoms with Gasteiger partial charge in [-0.05, 0) is 62.8 Å². The van der Waals surface area contributed by atoms with Gasteiger partial charge in [-0.15, -0.1) is 0 Å². The van der Waals surface area contributed by atoms with Crippen LogP contribution in [0, 0.1) is 6.92 Å². The number of benzene rings is 1. The van der Waals surface area contributed by atoms with Crippen LogP contribution in [0.2, 0.25) is 5.02 Å². The second-order valence-electron chi connectivity index (χ2n) is 5.43. The van der Waals surface area contributed by atoms with Crippen molar-refractivity contribution in [3.05, 3.63) is 34.3 Å². The number of halogens is 1.